The second kappa shape index (κ2) is 39.2. The van der Waals surface area contributed by atoms with Crippen LogP contribution in [-0.4, -0.2) is 54.3 Å². The zero-order valence-corrected chi connectivity index (χ0v) is 34.4. The zero-order chi connectivity index (χ0) is 38.2. The van der Waals surface area contributed by atoms with Gasteiger partial charge in [-0.1, -0.05) is 154 Å². The molecule has 0 radical (unpaired) electrons. The van der Waals surface area contributed by atoms with Gasteiger partial charge < -0.3 is 20.1 Å². The van der Waals surface area contributed by atoms with Crippen LogP contribution in [0.25, 0.3) is 0 Å². The summed E-state index contributed by atoms with van der Waals surface area (Å²) in [5, 5.41) is 12.7. The van der Waals surface area contributed by atoms with Crippen LogP contribution in [0.15, 0.2) is 24.3 Å². The van der Waals surface area contributed by atoms with Crippen LogP contribution in [0.5, 0.6) is 0 Å². The minimum Gasteiger partial charge on any atom is -0.463 e. The molecule has 1 amide bonds. The average Bonchev–Trinajstić information content (AvgIpc) is 3.13. The molecular weight excluding hydrogens is 677 g/mol. The second-order valence-corrected chi connectivity index (χ2v) is 15.8. The molecule has 52 heavy (non-hydrogen) atoms. The summed E-state index contributed by atoms with van der Waals surface area (Å²) in [7, 11) is -4.41. The highest BCUT2D eigenvalue weighted by atomic mass is 31.2. The van der Waals surface area contributed by atoms with Gasteiger partial charge in [0.1, 0.15) is 12.7 Å². The Bertz CT molecular complexity index is 912. The second-order valence-electron chi connectivity index (χ2n) is 14.3. The van der Waals surface area contributed by atoms with Crippen LogP contribution in [-0.2, 0) is 27.9 Å². The van der Waals surface area contributed by atoms with Gasteiger partial charge in [-0.3, -0.25) is 18.6 Å². The number of phosphoric acid groups is 1. The number of carbonyl (C=O) groups is 2. The third-order valence-electron chi connectivity index (χ3n) is 9.08. The Morgan fingerprint density at radius 2 is 1.02 bits per heavy atom. The molecule has 2 unspecified atom stereocenters. The summed E-state index contributed by atoms with van der Waals surface area (Å²) < 4.78 is 26.8. The Labute approximate surface area is 319 Å². The molecule has 0 fully saturated rings. The molecule has 0 rings (SSSR count). The smallest absolute Gasteiger partial charge is 0.463 e. The lowest BCUT2D eigenvalue weighted by Gasteiger charge is -2.15. The van der Waals surface area contributed by atoms with Gasteiger partial charge in [0.05, 0.1) is 13.2 Å². The van der Waals surface area contributed by atoms with Gasteiger partial charge in [0.2, 0.25) is 5.91 Å². The number of unbranched alkanes of at least 4 members (excludes halogenated alkanes) is 23. The molecule has 0 aliphatic rings. The lowest BCUT2D eigenvalue weighted by Crippen LogP contribution is -2.27. The van der Waals surface area contributed by atoms with Gasteiger partial charge >= 0.3 is 13.8 Å². The number of phosphoric ester groups is 1. The zero-order valence-electron chi connectivity index (χ0n) is 33.5. The molecule has 0 aromatic heterocycles. The molecule has 10 heteroatoms. The van der Waals surface area contributed by atoms with Crippen molar-refractivity contribution >= 4 is 19.7 Å². The number of aliphatic hydroxyl groups is 1. The lowest BCUT2D eigenvalue weighted by molar-refractivity contribution is -0.147. The maximum Gasteiger partial charge on any atom is 0.472 e. The van der Waals surface area contributed by atoms with Crippen LogP contribution in [0.1, 0.15) is 200 Å². The fraction of sp³-hybridized carbons (Fsp3) is 0.857. The summed E-state index contributed by atoms with van der Waals surface area (Å²) in [5.74, 6) is -0.525. The van der Waals surface area contributed by atoms with E-state index in [9.17, 15) is 24.2 Å². The monoisotopic (exact) mass is 758 g/mol. The van der Waals surface area contributed by atoms with Crippen molar-refractivity contribution < 1.29 is 37.9 Å². The van der Waals surface area contributed by atoms with E-state index in [1.807, 2.05) is 0 Å². The van der Waals surface area contributed by atoms with E-state index in [1.54, 1.807) is 0 Å². The summed E-state index contributed by atoms with van der Waals surface area (Å²) in [5.41, 5.74) is 0. The van der Waals surface area contributed by atoms with Gasteiger partial charge in [-0.05, 0) is 57.8 Å². The third kappa shape index (κ3) is 39.7. The van der Waals surface area contributed by atoms with Gasteiger partial charge in [0.25, 0.3) is 0 Å². The first-order chi connectivity index (χ1) is 25.3. The molecule has 0 aromatic carbocycles. The van der Waals surface area contributed by atoms with Crippen molar-refractivity contribution in [1.29, 1.82) is 0 Å². The Kier molecular flexibility index (Phi) is 38.1. The highest BCUT2D eigenvalue weighted by Crippen LogP contribution is 2.42. The number of ether oxygens (including phenoxy) is 1. The number of esters is 1. The number of hydrogen-bond acceptors (Lipinski definition) is 7. The Hall–Kier alpha value is -1.51. The first-order valence-corrected chi connectivity index (χ1v) is 22.8. The van der Waals surface area contributed by atoms with Crippen molar-refractivity contribution in [2.45, 2.75) is 206 Å². The van der Waals surface area contributed by atoms with Crippen LogP contribution < -0.4 is 5.32 Å². The molecule has 3 N–H and O–H groups in total. The highest BCUT2D eigenvalue weighted by molar-refractivity contribution is 7.47. The van der Waals surface area contributed by atoms with Gasteiger partial charge in [-0.25, -0.2) is 4.57 Å². The summed E-state index contributed by atoms with van der Waals surface area (Å²) in [6.07, 6.45) is 41.2. The van der Waals surface area contributed by atoms with Crippen molar-refractivity contribution in [2.75, 3.05) is 26.4 Å². The number of carbonyl (C=O) groups excluding carboxylic acids is 2. The van der Waals surface area contributed by atoms with Gasteiger partial charge in [0, 0.05) is 19.4 Å². The molecule has 0 saturated carbocycles. The van der Waals surface area contributed by atoms with Gasteiger partial charge in [-0.15, -0.1) is 0 Å². The van der Waals surface area contributed by atoms with Gasteiger partial charge in [-0.2, -0.15) is 0 Å². The molecular formula is C42H80NO8P. The topological polar surface area (TPSA) is 131 Å². The number of hydrogen-bond donors (Lipinski definition) is 3. The molecule has 0 aromatic rings. The molecule has 0 aliphatic carbocycles. The first-order valence-electron chi connectivity index (χ1n) is 21.3. The summed E-state index contributed by atoms with van der Waals surface area (Å²) >= 11 is 0. The van der Waals surface area contributed by atoms with E-state index in [0.29, 0.717) is 6.42 Å². The van der Waals surface area contributed by atoms with Crippen molar-refractivity contribution in [3.63, 3.8) is 0 Å². The van der Waals surface area contributed by atoms with Crippen LogP contribution >= 0.6 is 7.82 Å². The van der Waals surface area contributed by atoms with E-state index >= 15 is 0 Å². The normalized spacial score (nSPS) is 13.5. The number of allylic oxidation sites excluding steroid dienone is 4. The van der Waals surface area contributed by atoms with E-state index in [1.165, 1.54) is 116 Å². The molecule has 0 saturated heterocycles. The van der Waals surface area contributed by atoms with E-state index in [0.717, 1.165) is 57.8 Å². The lowest BCUT2D eigenvalue weighted by atomic mass is 10.0. The average molecular weight is 758 g/mol. The summed E-state index contributed by atoms with van der Waals surface area (Å²) in [6.45, 7) is 3.48. The Morgan fingerprint density at radius 3 is 1.52 bits per heavy atom. The maximum absolute atomic E-state index is 12.1. The van der Waals surface area contributed by atoms with Crippen molar-refractivity contribution in [3.8, 4) is 0 Å². The first kappa shape index (κ1) is 50.5. The molecule has 306 valence electrons. The number of rotatable bonds is 40. The van der Waals surface area contributed by atoms with Crippen LogP contribution in [0.2, 0.25) is 0 Å². The quantitative estimate of drug-likeness (QED) is 0.0244. The molecule has 0 heterocycles. The number of amides is 1. The highest BCUT2D eigenvalue weighted by Gasteiger charge is 2.23. The summed E-state index contributed by atoms with van der Waals surface area (Å²) in [6, 6.07) is 0. The van der Waals surface area contributed by atoms with Crippen molar-refractivity contribution in [2.24, 2.45) is 0 Å². The fourth-order valence-corrected chi connectivity index (χ4v) is 6.60. The van der Waals surface area contributed by atoms with E-state index < -0.39 is 26.5 Å². The predicted molar refractivity (Wildman–Crippen MR) is 215 cm³/mol. The van der Waals surface area contributed by atoms with Crippen LogP contribution in [0, 0.1) is 0 Å². The van der Waals surface area contributed by atoms with Crippen molar-refractivity contribution in [3.05, 3.63) is 24.3 Å². The summed E-state index contributed by atoms with van der Waals surface area (Å²) in [4.78, 5) is 33.8. The predicted octanol–water partition coefficient (Wildman–Crippen LogP) is 11.6. The Balaban J connectivity index is 3.56. The van der Waals surface area contributed by atoms with E-state index in [-0.39, 0.29) is 32.1 Å². The standard InChI is InChI=1S/C42H80NO8P/c1-3-5-7-9-11-13-15-16-17-18-19-20-21-22-23-24-25-27-29-31-33-35-42(46)49-38-40(44)39-51-52(47,48)50-37-36-43-41(45)34-32-30-28-26-14-12-10-8-6-4-2/h8,10,16-17,40,44H,3-7,9,11-15,18-39H2,1-2H3,(H,43,45)(H,47,48)/b10-8-,17-16+. The minimum atomic E-state index is -4.41. The largest absolute Gasteiger partial charge is 0.472 e. The molecule has 0 spiro atoms. The number of nitrogens with one attached hydrogen (secondary N) is 1. The Morgan fingerprint density at radius 1 is 0.577 bits per heavy atom. The third-order valence-corrected chi connectivity index (χ3v) is 10.1. The van der Waals surface area contributed by atoms with E-state index in [4.69, 9.17) is 13.8 Å². The molecule has 0 aliphatic heterocycles. The SMILES string of the molecule is CCC/C=C\CCCCCCCC(=O)NCCOP(=O)(O)OCC(O)COC(=O)CCCCCCCCCCCCC/C=C/CCCCCCCC. The van der Waals surface area contributed by atoms with Crippen molar-refractivity contribution in [1.82, 2.24) is 5.32 Å². The van der Waals surface area contributed by atoms with Crippen LogP contribution in [0.4, 0.5) is 0 Å². The van der Waals surface area contributed by atoms with Crippen LogP contribution in [0.3, 0.4) is 0 Å². The number of aliphatic hydroxyl groups excluding tert-OH is 1. The fourth-order valence-electron chi connectivity index (χ4n) is 5.85. The molecule has 2 atom stereocenters. The molecule has 9 nitrogen and oxygen atoms in total. The maximum atomic E-state index is 12.1. The van der Waals surface area contributed by atoms with E-state index in [2.05, 4.69) is 43.5 Å². The van der Waals surface area contributed by atoms with Gasteiger partial charge in [0.15, 0.2) is 0 Å². The minimum absolute atomic E-state index is 0.0782. The molecule has 0 bridgehead atoms.